The van der Waals surface area contributed by atoms with Crippen LogP contribution in [0, 0.1) is 0 Å². The molecule has 43 heavy (non-hydrogen) atoms. The third-order valence-electron chi connectivity index (χ3n) is 7.62. The summed E-state index contributed by atoms with van der Waals surface area (Å²) in [6.45, 7) is 4.14. The highest BCUT2D eigenvalue weighted by Gasteiger charge is 2.19. The van der Waals surface area contributed by atoms with Gasteiger partial charge in [0.15, 0.2) is 0 Å². The van der Waals surface area contributed by atoms with Gasteiger partial charge in [-0.05, 0) is 44.9 Å². The van der Waals surface area contributed by atoms with Crippen LogP contribution in [-0.2, 0) is 4.79 Å². The second-order valence-electron chi connectivity index (χ2n) is 11.8. The van der Waals surface area contributed by atoms with Crippen molar-refractivity contribution in [1.29, 1.82) is 0 Å². The number of hydrogen-bond donors (Lipinski definition) is 4. The first-order valence-electron chi connectivity index (χ1n) is 17.6. The van der Waals surface area contributed by atoms with Crippen molar-refractivity contribution in [2.75, 3.05) is 6.61 Å². The smallest absolute Gasteiger partial charge is 0.220 e. The molecule has 0 aromatic rings. The van der Waals surface area contributed by atoms with Crippen LogP contribution in [0.2, 0.25) is 0 Å². The van der Waals surface area contributed by atoms with Crippen molar-refractivity contribution in [2.45, 2.75) is 167 Å². The molecule has 5 heteroatoms. The van der Waals surface area contributed by atoms with Crippen LogP contribution in [0.1, 0.15) is 149 Å². The van der Waals surface area contributed by atoms with Crippen LogP contribution in [0.15, 0.2) is 60.8 Å². The van der Waals surface area contributed by atoms with Crippen molar-refractivity contribution in [1.82, 2.24) is 5.32 Å². The third kappa shape index (κ3) is 29.9. The van der Waals surface area contributed by atoms with Crippen LogP contribution in [0.4, 0.5) is 0 Å². The van der Waals surface area contributed by atoms with Gasteiger partial charge in [0.05, 0.1) is 24.9 Å². The molecule has 0 rings (SSSR count). The molecule has 5 nitrogen and oxygen atoms in total. The van der Waals surface area contributed by atoms with Gasteiger partial charge in [-0.15, -0.1) is 0 Å². The summed E-state index contributed by atoms with van der Waals surface area (Å²) in [6, 6.07) is -0.587. The molecule has 1 unspecified atom stereocenters. The lowest BCUT2D eigenvalue weighted by atomic mass is 10.0. The highest BCUT2D eigenvalue weighted by Crippen LogP contribution is 2.14. The molecular weight excluding hydrogens is 534 g/mol. The van der Waals surface area contributed by atoms with E-state index in [-0.39, 0.29) is 12.5 Å². The molecule has 0 heterocycles. The maximum Gasteiger partial charge on any atom is 0.220 e. The minimum Gasteiger partial charge on any atom is -0.394 e. The van der Waals surface area contributed by atoms with Crippen molar-refractivity contribution >= 4 is 5.91 Å². The van der Waals surface area contributed by atoms with Gasteiger partial charge < -0.3 is 20.6 Å². The van der Waals surface area contributed by atoms with Gasteiger partial charge in [-0.25, -0.2) is 0 Å². The topological polar surface area (TPSA) is 89.8 Å². The molecule has 0 aliphatic rings. The van der Waals surface area contributed by atoms with Gasteiger partial charge >= 0.3 is 0 Å². The Labute approximate surface area is 265 Å². The maximum absolute atomic E-state index is 12.3. The fourth-order valence-electron chi connectivity index (χ4n) is 4.89. The second kappa shape index (κ2) is 33.0. The van der Waals surface area contributed by atoms with Crippen LogP contribution in [0.25, 0.3) is 0 Å². The molecule has 0 aliphatic heterocycles. The number of rotatable bonds is 30. The Morgan fingerprint density at radius 2 is 1.26 bits per heavy atom. The number of nitrogens with one attached hydrogen (secondary N) is 1. The Morgan fingerprint density at radius 3 is 1.88 bits per heavy atom. The normalized spacial score (nSPS) is 14.6. The van der Waals surface area contributed by atoms with E-state index in [1.807, 2.05) is 24.3 Å². The van der Waals surface area contributed by atoms with Crippen molar-refractivity contribution < 1.29 is 20.1 Å². The largest absolute Gasteiger partial charge is 0.394 e. The van der Waals surface area contributed by atoms with Gasteiger partial charge in [0.1, 0.15) is 0 Å². The van der Waals surface area contributed by atoms with Crippen LogP contribution < -0.4 is 5.32 Å². The van der Waals surface area contributed by atoms with E-state index >= 15 is 0 Å². The fourth-order valence-corrected chi connectivity index (χ4v) is 4.89. The fraction of sp³-hybridized carbons (Fsp3) is 0.711. The Bertz CT molecular complexity index is 755. The van der Waals surface area contributed by atoms with E-state index in [1.54, 1.807) is 6.08 Å². The Balaban J connectivity index is 3.82. The minimum atomic E-state index is -0.701. The Kier molecular flexibility index (Phi) is 31.5. The van der Waals surface area contributed by atoms with Gasteiger partial charge in [-0.2, -0.15) is 0 Å². The standard InChI is InChI=1S/C38H67NO4/c1-3-5-7-9-11-12-13-14-15-16-20-24-28-32-37(42)36(34-40)39-38(43)33-29-25-21-18-17-19-23-27-31-35(41)30-26-22-10-8-6-4-2/h6,8,18-19,21-23,26-27,31,35-37,40-42H,3-5,7,9-17,20,24-25,28-30,32-34H2,1-2H3,(H,39,43)/b8-6-,21-18-,23-19-,26-22-,31-27+/t35?,36-,37+/m0/s1. The number of hydrogen-bond acceptors (Lipinski definition) is 4. The van der Waals surface area contributed by atoms with E-state index in [9.17, 15) is 20.1 Å². The quantitative estimate of drug-likeness (QED) is 0.0375. The molecule has 0 saturated heterocycles. The first kappa shape index (κ1) is 41.0. The van der Waals surface area contributed by atoms with Crippen LogP contribution in [-0.4, -0.2) is 46.1 Å². The Hall–Kier alpha value is -1.95. The molecule has 0 aromatic heterocycles. The summed E-state index contributed by atoms with van der Waals surface area (Å²) in [7, 11) is 0. The molecule has 0 aliphatic carbocycles. The summed E-state index contributed by atoms with van der Waals surface area (Å²) < 4.78 is 0. The summed E-state index contributed by atoms with van der Waals surface area (Å²) in [4.78, 5) is 12.3. The summed E-state index contributed by atoms with van der Waals surface area (Å²) in [5.74, 6) is -0.118. The average molecular weight is 602 g/mol. The molecule has 4 N–H and O–H groups in total. The summed E-state index contributed by atoms with van der Waals surface area (Å²) in [5.41, 5.74) is 0. The highest BCUT2D eigenvalue weighted by atomic mass is 16.3. The number of unbranched alkanes of at least 4 members (excludes halogenated alkanes) is 13. The molecule has 3 atom stereocenters. The zero-order valence-corrected chi connectivity index (χ0v) is 27.8. The van der Waals surface area contributed by atoms with Crippen molar-refractivity contribution in [3.8, 4) is 0 Å². The molecule has 0 aromatic carbocycles. The van der Waals surface area contributed by atoms with Crippen LogP contribution in [0.3, 0.4) is 0 Å². The first-order chi connectivity index (χ1) is 21.0. The predicted molar refractivity (Wildman–Crippen MR) is 185 cm³/mol. The van der Waals surface area contributed by atoms with Gasteiger partial charge in [0.25, 0.3) is 0 Å². The maximum atomic E-state index is 12.3. The SMILES string of the molecule is CC/C=C\C/C=C\CC(O)/C=C/C=C\C/C=C\CCCC(=O)N[C@@H](CO)[C@H](O)CCCCCCCCCCCCCCC. The third-order valence-corrected chi connectivity index (χ3v) is 7.62. The number of carbonyl (C=O) groups excluding carboxylic acids is 1. The van der Waals surface area contributed by atoms with Gasteiger partial charge in [-0.3, -0.25) is 4.79 Å². The second-order valence-corrected chi connectivity index (χ2v) is 11.8. The highest BCUT2D eigenvalue weighted by molar-refractivity contribution is 5.76. The van der Waals surface area contributed by atoms with Crippen LogP contribution in [0.5, 0.6) is 0 Å². The molecule has 1 amide bonds. The molecular formula is C38H67NO4. The number of allylic oxidation sites excluding steroid dienone is 8. The van der Waals surface area contributed by atoms with Gasteiger partial charge in [-0.1, -0.05) is 158 Å². The number of aliphatic hydroxyl groups excluding tert-OH is 3. The van der Waals surface area contributed by atoms with E-state index in [0.29, 0.717) is 19.3 Å². The molecule has 0 saturated carbocycles. The lowest BCUT2D eigenvalue weighted by molar-refractivity contribution is -0.123. The number of amides is 1. The van der Waals surface area contributed by atoms with Crippen LogP contribution >= 0.6 is 0 Å². The van der Waals surface area contributed by atoms with Crippen molar-refractivity contribution in [3.63, 3.8) is 0 Å². The van der Waals surface area contributed by atoms with Gasteiger partial charge in [0, 0.05) is 6.42 Å². The summed E-state index contributed by atoms with van der Waals surface area (Å²) in [6.07, 6.45) is 41.6. The van der Waals surface area contributed by atoms with Crippen molar-refractivity contribution in [3.05, 3.63) is 60.8 Å². The van der Waals surface area contributed by atoms with E-state index in [4.69, 9.17) is 0 Å². The number of carbonyl (C=O) groups is 1. The Morgan fingerprint density at radius 1 is 0.674 bits per heavy atom. The predicted octanol–water partition coefficient (Wildman–Crippen LogP) is 9.20. The first-order valence-corrected chi connectivity index (χ1v) is 17.6. The lowest BCUT2D eigenvalue weighted by Gasteiger charge is -2.22. The molecule has 0 bridgehead atoms. The minimum absolute atomic E-state index is 0.118. The van der Waals surface area contributed by atoms with Gasteiger partial charge in [0.2, 0.25) is 5.91 Å². The summed E-state index contributed by atoms with van der Waals surface area (Å²) >= 11 is 0. The van der Waals surface area contributed by atoms with E-state index in [1.165, 1.54) is 70.6 Å². The van der Waals surface area contributed by atoms with Crippen molar-refractivity contribution in [2.24, 2.45) is 0 Å². The lowest BCUT2D eigenvalue weighted by Crippen LogP contribution is -2.45. The number of aliphatic hydroxyl groups is 3. The zero-order chi connectivity index (χ0) is 31.6. The van der Waals surface area contributed by atoms with E-state index < -0.39 is 18.2 Å². The molecule has 0 spiro atoms. The molecule has 0 radical (unpaired) electrons. The molecule has 0 fully saturated rings. The average Bonchev–Trinajstić information content (AvgIpc) is 3.00. The van der Waals surface area contributed by atoms with E-state index in [0.717, 1.165) is 44.9 Å². The van der Waals surface area contributed by atoms with E-state index in [2.05, 4.69) is 49.5 Å². The monoisotopic (exact) mass is 602 g/mol. The summed E-state index contributed by atoms with van der Waals surface area (Å²) in [5, 5.41) is 32.9. The molecule has 248 valence electrons. The zero-order valence-electron chi connectivity index (χ0n) is 27.8.